The second-order valence-electron chi connectivity index (χ2n) is 9.56. The first kappa shape index (κ1) is 29.0. The summed E-state index contributed by atoms with van der Waals surface area (Å²) >= 11 is 1.38. The molecule has 4 heterocycles. The zero-order valence-corrected chi connectivity index (χ0v) is 23.5. The highest BCUT2D eigenvalue weighted by Gasteiger charge is 2.52. The average Bonchev–Trinajstić information content (AvgIpc) is 3.57. The molecule has 218 valence electrons. The molecule has 1 fully saturated rings. The van der Waals surface area contributed by atoms with Crippen molar-refractivity contribution in [2.24, 2.45) is 26.6 Å². The number of ether oxygens (including phenoxy) is 1. The maximum absolute atomic E-state index is 15.4. The number of halogens is 3. The molecule has 1 saturated heterocycles. The molecule has 3 aromatic rings. The van der Waals surface area contributed by atoms with Crippen LogP contribution in [0.3, 0.4) is 0 Å². The van der Waals surface area contributed by atoms with Crippen LogP contribution in [0.2, 0.25) is 0 Å². The van der Waals surface area contributed by atoms with Gasteiger partial charge in [0, 0.05) is 23.8 Å². The van der Waals surface area contributed by atoms with Crippen LogP contribution in [-0.4, -0.2) is 56.5 Å². The molecule has 2 aromatic heterocycles. The summed E-state index contributed by atoms with van der Waals surface area (Å²) in [5.41, 5.74) is 5.72. The Morgan fingerprint density at radius 2 is 2.12 bits per heavy atom. The second-order valence-corrected chi connectivity index (χ2v) is 10.6. The first-order chi connectivity index (χ1) is 20.2. The number of rotatable bonds is 9. The van der Waals surface area contributed by atoms with Gasteiger partial charge >= 0.3 is 0 Å². The Kier molecular flexibility index (Phi) is 8.38. The molecule has 2 atom stereocenters. The summed E-state index contributed by atoms with van der Waals surface area (Å²) in [7, 11) is 0. The number of hydrogen-bond acceptors (Lipinski definition) is 12. The number of anilines is 1. The highest BCUT2D eigenvalue weighted by molar-refractivity contribution is 8.13. The van der Waals surface area contributed by atoms with Crippen LogP contribution in [0.15, 0.2) is 68.0 Å². The van der Waals surface area contributed by atoms with Crippen LogP contribution in [-0.2, 0) is 16.9 Å². The van der Waals surface area contributed by atoms with Gasteiger partial charge in [0.05, 0.1) is 30.9 Å². The average molecular weight is 598 g/mol. The minimum Gasteiger partial charge on any atom is -0.466 e. The molecule has 0 aliphatic carbocycles. The predicted molar refractivity (Wildman–Crippen MR) is 154 cm³/mol. The van der Waals surface area contributed by atoms with Crippen LogP contribution >= 0.6 is 11.8 Å². The molecule has 11 nitrogen and oxygen atoms in total. The van der Waals surface area contributed by atoms with Gasteiger partial charge < -0.3 is 19.9 Å². The fraction of sp³-hybridized carbons (Fsp3) is 0.296. The Hall–Kier alpha value is -4.53. The molecule has 2 N–H and O–H groups in total. The van der Waals surface area contributed by atoms with E-state index in [2.05, 4.69) is 36.8 Å². The number of nitrogens with zero attached hydrogens (tertiary/aromatic N) is 8. The number of nitrogens with two attached hydrogens (primary N) is 1. The minimum atomic E-state index is -1.07. The Morgan fingerprint density at radius 1 is 1.33 bits per heavy atom. The number of aromatic nitrogens is 4. The number of fused-ring (bicyclic) bond motifs is 1. The SMILES string of the molecule is C=N\C(=C/N=C(C)/C(F)=C/c1ccc(F)c([C@@]23CN(c4ncc(F)cn4)C[C@@H]2CSC(N)=N3)c1)OCc1nc(C)no1. The summed E-state index contributed by atoms with van der Waals surface area (Å²) in [6.07, 6.45) is 4.60. The smallest absolute Gasteiger partial charge is 0.264 e. The first-order valence-electron chi connectivity index (χ1n) is 12.7. The Bertz CT molecular complexity index is 1610. The molecule has 0 unspecified atom stereocenters. The van der Waals surface area contributed by atoms with E-state index in [4.69, 9.17) is 20.0 Å². The minimum absolute atomic E-state index is 0.0205. The van der Waals surface area contributed by atoms with Crippen molar-refractivity contribution >= 4 is 41.4 Å². The number of hydrogen-bond donors (Lipinski definition) is 1. The Labute approximate surface area is 243 Å². The number of amidine groups is 1. The van der Waals surface area contributed by atoms with E-state index >= 15 is 8.78 Å². The van der Waals surface area contributed by atoms with E-state index in [1.54, 1.807) is 13.0 Å². The number of thioether (sulfide) groups is 1. The van der Waals surface area contributed by atoms with Crippen LogP contribution in [0.25, 0.3) is 6.08 Å². The van der Waals surface area contributed by atoms with Gasteiger partial charge in [-0.2, -0.15) is 4.98 Å². The molecule has 0 radical (unpaired) electrons. The van der Waals surface area contributed by atoms with Crippen molar-refractivity contribution in [3.05, 3.63) is 83.0 Å². The Balaban J connectivity index is 1.40. The van der Waals surface area contributed by atoms with Crippen molar-refractivity contribution < 1.29 is 22.4 Å². The monoisotopic (exact) mass is 597 g/mol. The summed E-state index contributed by atoms with van der Waals surface area (Å²) < 4.78 is 54.4. The number of benzene rings is 1. The van der Waals surface area contributed by atoms with Crippen molar-refractivity contribution in [3.8, 4) is 0 Å². The van der Waals surface area contributed by atoms with Crippen molar-refractivity contribution in [3.63, 3.8) is 0 Å². The first-order valence-corrected chi connectivity index (χ1v) is 13.7. The summed E-state index contributed by atoms with van der Waals surface area (Å²) in [5, 5.41) is 3.98. The van der Waals surface area contributed by atoms with E-state index in [9.17, 15) is 4.39 Å². The molecule has 0 bridgehead atoms. The molecule has 0 saturated carbocycles. The van der Waals surface area contributed by atoms with Crippen molar-refractivity contribution in [1.29, 1.82) is 0 Å². The standard InChI is InChI=1S/C27H26F3N9O2S/c1-15(33-10-23(32-3)40-12-24-36-16(2)38-41-24)22(30)7-17-4-5-21(29)20(6-17)27-14-39(26-34-8-19(28)9-35-26)11-18(27)13-42-25(31)37-27/h4-10,18H,3,11-14H2,1-2H3,(H2,31,37)/b22-7-,23-10+,33-15+/t18-,27-/m1/s1. The van der Waals surface area contributed by atoms with Gasteiger partial charge in [-0.1, -0.05) is 23.0 Å². The lowest BCUT2D eigenvalue weighted by Crippen LogP contribution is -2.40. The van der Waals surface area contributed by atoms with E-state index in [1.807, 2.05) is 4.90 Å². The van der Waals surface area contributed by atoms with E-state index in [1.165, 1.54) is 43.1 Å². The normalized spacial score (nSPS) is 21.3. The van der Waals surface area contributed by atoms with Gasteiger partial charge in [0.15, 0.2) is 23.4 Å². The van der Waals surface area contributed by atoms with Crippen LogP contribution in [0.4, 0.5) is 19.1 Å². The lowest BCUT2D eigenvalue weighted by molar-refractivity contribution is 0.161. The van der Waals surface area contributed by atoms with E-state index in [0.717, 1.165) is 12.4 Å². The molecular weight excluding hydrogens is 571 g/mol. The van der Waals surface area contributed by atoms with E-state index in [-0.39, 0.29) is 42.1 Å². The lowest BCUT2D eigenvalue weighted by atomic mass is 9.81. The van der Waals surface area contributed by atoms with Gasteiger partial charge in [-0.15, -0.1) is 0 Å². The molecule has 2 aliphatic rings. The van der Waals surface area contributed by atoms with E-state index in [0.29, 0.717) is 34.8 Å². The Morgan fingerprint density at radius 3 is 2.83 bits per heavy atom. The van der Waals surface area contributed by atoms with Crippen LogP contribution in [0.5, 0.6) is 0 Å². The van der Waals surface area contributed by atoms with Gasteiger partial charge in [0.2, 0.25) is 11.8 Å². The summed E-state index contributed by atoms with van der Waals surface area (Å²) in [6, 6.07) is 4.28. The quantitative estimate of drug-likeness (QED) is 0.282. The lowest BCUT2D eigenvalue weighted by Gasteiger charge is -2.35. The number of aliphatic imine (C=N–C) groups is 3. The van der Waals surface area contributed by atoms with Crippen molar-refractivity contribution in [2.45, 2.75) is 26.0 Å². The third kappa shape index (κ3) is 6.20. The highest BCUT2D eigenvalue weighted by Crippen LogP contribution is 2.47. The maximum atomic E-state index is 15.4. The zero-order valence-electron chi connectivity index (χ0n) is 22.7. The fourth-order valence-electron chi connectivity index (χ4n) is 4.71. The van der Waals surface area contributed by atoms with Crippen molar-refractivity contribution in [2.75, 3.05) is 23.7 Å². The molecule has 0 spiro atoms. The number of aryl methyl sites for hydroxylation is 1. The van der Waals surface area contributed by atoms with Crippen LogP contribution < -0.4 is 10.6 Å². The van der Waals surface area contributed by atoms with Gasteiger partial charge in [-0.25, -0.2) is 33.1 Å². The van der Waals surface area contributed by atoms with Gasteiger partial charge in [-0.3, -0.25) is 4.99 Å². The third-order valence-electron chi connectivity index (χ3n) is 6.71. The molecular formula is C27H26F3N9O2S. The van der Waals surface area contributed by atoms with Crippen molar-refractivity contribution in [1.82, 2.24) is 20.1 Å². The molecule has 15 heteroatoms. The van der Waals surface area contributed by atoms with E-state index < -0.39 is 23.0 Å². The van der Waals surface area contributed by atoms with Gasteiger partial charge in [0.25, 0.3) is 5.89 Å². The molecule has 2 aliphatic heterocycles. The topological polar surface area (TPSA) is 140 Å². The summed E-state index contributed by atoms with van der Waals surface area (Å²) in [4.78, 5) is 26.5. The largest absolute Gasteiger partial charge is 0.466 e. The van der Waals surface area contributed by atoms with Crippen LogP contribution in [0, 0.1) is 24.5 Å². The molecule has 42 heavy (non-hydrogen) atoms. The molecule has 0 amide bonds. The van der Waals surface area contributed by atoms with Crippen LogP contribution in [0.1, 0.15) is 29.8 Å². The maximum Gasteiger partial charge on any atom is 0.264 e. The zero-order chi connectivity index (χ0) is 29.9. The third-order valence-corrected chi connectivity index (χ3v) is 7.67. The van der Waals surface area contributed by atoms with Gasteiger partial charge in [0.1, 0.15) is 17.2 Å². The summed E-state index contributed by atoms with van der Waals surface area (Å²) in [6.45, 7) is 7.16. The summed E-state index contributed by atoms with van der Waals surface area (Å²) in [5.74, 6) is -0.298. The fourth-order valence-corrected chi connectivity index (χ4v) is 5.69. The second kappa shape index (κ2) is 12.1. The highest BCUT2D eigenvalue weighted by atomic mass is 32.2. The molecule has 5 rings (SSSR count). The van der Waals surface area contributed by atoms with Gasteiger partial charge in [-0.05, 0) is 44.3 Å². The predicted octanol–water partition coefficient (Wildman–Crippen LogP) is 4.33. The molecule has 1 aromatic carbocycles. The number of allylic oxidation sites excluding steroid dienone is 1.